The molecule has 1 aromatic rings. The van der Waals surface area contributed by atoms with E-state index in [0.717, 1.165) is 35.0 Å². The number of hydrogen-bond donors (Lipinski definition) is 0. The minimum Gasteiger partial charge on any atom is -0.346 e. The predicted molar refractivity (Wildman–Crippen MR) is 65.0 cm³/mol. The number of aldehydes is 1. The highest BCUT2D eigenvalue weighted by Gasteiger charge is 2.15. The second-order valence-corrected chi connectivity index (χ2v) is 4.67. The maximum atomic E-state index is 10.8. The number of nitrogens with zero attached hydrogens (tertiary/aromatic N) is 2. The Morgan fingerprint density at radius 3 is 2.47 bits per heavy atom. The zero-order valence-corrected chi connectivity index (χ0v) is 10.6. The fourth-order valence-electron chi connectivity index (χ4n) is 1.54. The third-order valence-corrected chi connectivity index (χ3v) is 3.43. The number of hydrogen-bond acceptors (Lipinski definition) is 4. The minimum absolute atomic E-state index is 0.422. The first kappa shape index (κ1) is 12.2. The van der Waals surface area contributed by atoms with Gasteiger partial charge in [0.1, 0.15) is 0 Å². The Kier molecular flexibility index (Phi) is 4.27. The smallest absolute Gasteiger partial charge is 0.186 e. The molecule has 0 fully saturated rings. The summed E-state index contributed by atoms with van der Waals surface area (Å²) in [5, 5.41) is 0.964. The zero-order chi connectivity index (χ0) is 11.4. The Balaban J connectivity index is 3.03. The summed E-state index contributed by atoms with van der Waals surface area (Å²) in [6.07, 6.45) is 1.73. The standard InChI is InChI=1S/C11H18N2OS/c1-5-9-10(7-14)15-11(12-9)13(6-2)8(3)4/h7-8H,5-6H2,1-4H3. The molecule has 3 nitrogen and oxygen atoms in total. The van der Waals surface area contributed by atoms with Gasteiger partial charge in [0.05, 0.1) is 10.6 Å². The lowest BCUT2D eigenvalue weighted by atomic mass is 10.3. The first-order valence-electron chi connectivity index (χ1n) is 5.35. The van der Waals surface area contributed by atoms with Gasteiger partial charge in [0, 0.05) is 12.6 Å². The Labute approximate surface area is 95.1 Å². The molecule has 0 atom stereocenters. The number of anilines is 1. The third-order valence-electron chi connectivity index (χ3n) is 2.37. The molecular formula is C11H18N2OS. The first-order valence-corrected chi connectivity index (χ1v) is 6.17. The molecule has 0 saturated carbocycles. The van der Waals surface area contributed by atoms with E-state index in [0.29, 0.717) is 6.04 Å². The van der Waals surface area contributed by atoms with Gasteiger partial charge in [0.25, 0.3) is 0 Å². The van der Waals surface area contributed by atoms with Gasteiger partial charge in [0.15, 0.2) is 11.4 Å². The van der Waals surface area contributed by atoms with Crippen LogP contribution in [0.5, 0.6) is 0 Å². The lowest BCUT2D eigenvalue weighted by Crippen LogP contribution is -2.30. The average Bonchev–Trinajstić information content (AvgIpc) is 2.61. The van der Waals surface area contributed by atoms with Crippen molar-refractivity contribution in [3.8, 4) is 0 Å². The van der Waals surface area contributed by atoms with Crippen LogP contribution in [-0.2, 0) is 6.42 Å². The Hall–Kier alpha value is -0.900. The molecule has 1 rings (SSSR count). The van der Waals surface area contributed by atoms with Crippen LogP contribution in [0.15, 0.2) is 0 Å². The summed E-state index contributed by atoms with van der Waals surface area (Å²) >= 11 is 1.49. The van der Waals surface area contributed by atoms with Crippen molar-refractivity contribution in [2.24, 2.45) is 0 Å². The van der Waals surface area contributed by atoms with Crippen molar-refractivity contribution in [1.29, 1.82) is 0 Å². The van der Waals surface area contributed by atoms with Crippen molar-refractivity contribution in [3.05, 3.63) is 10.6 Å². The van der Waals surface area contributed by atoms with Gasteiger partial charge in [-0.15, -0.1) is 0 Å². The number of aromatic nitrogens is 1. The van der Waals surface area contributed by atoms with Crippen molar-refractivity contribution in [3.63, 3.8) is 0 Å². The quantitative estimate of drug-likeness (QED) is 0.724. The van der Waals surface area contributed by atoms with Crippen molar-refractivity contribution in [2.75, 3.05) is 11.4 Å². The summed E-state index contributed by atoms with van der Waals surface area (Å²) in [7, 11) is 0. The molecule has 0 aliphatic carbocycles. The van der Waals surface area contributed by atoms with E-state index in [2.05, 4.69) is 30.7 Å². The molecule has 0 saturated heterocycles. The molecule has 0 aliphatic rings. The van der Waals surface area contributed by atoms with E-state index in [4.69, 9.17) is 0 Å². The molecule has 0 N–H and O–H groups in total. The number of rotatable bonds is 5. The van der Waals surface area contributed by atoms with Crippen LogP contribution in [0.2, 0.25) is 0 Å². The monoisotopic (exact) mass is 226 g/mol. The van der Waals surface area contributed by atoms with E-state index in [1.165, 1.54) is 11.3 Å². The molecule has 1 heterocycles. The zero-order valence-electron chi connectivity index (χ0n) is 9.78. The van der Waals surface area contributed by atoms with Gasteiger partial charge in [-0.05, 0) is 27.2 Å². The van der Waals surface area contributed by atoms with Gasteiger partial charge < -0.3 is 4.90 Å². The normalized spacial score (nSPS) is 10.7. The summed E-state index contributed by atoms with van der Waals surface area (Å²) in [5.74, 6) is 0. The molecule has 15 heavy (non-hydrogen) atoms. The number of carbonyl (C=O) groups excluding carboxylic acids is 1. The van der Waals surface area contributed by atoms with Gasteiger partial charge in [-0.2, -0.15) is 0 Å². The maximum Gasteiger partial charge on any atom is 0.186 e. The SMILES string of the molecule is CCc1nc(N(CC)C(C)C)sc1C=O. The van der Waals surface area contributed by atoms with Gasteiger partial charge >= 0.3 is 0 Å². The Morgan fingerprint density at radius 1 is 1.47 bits per heavy atom. The van der Waals surface area contributed by atoms with Crippen molar-refractivity contribution in [1.82, 2.24) is 4.98 Å². The molecule has 1 aromatic heterocycles. The predicted octanol–water partition coefficient (Wildman–Crippen LogP) is 2.75. The first-order chi connectivity index (χ1) is 7.13. The molecule has 84 valence electrons. The average molecular weight is 226 g/mol. The minimum atomic E-state index is 0.422. The van der Waals surface area contributed by atoms with Crippen LogP contribution >= 0.6 is 11.3 Å². The lowest BCUT2D eigenvalue weighted by molar-refractivity contribution is 0.112. The number of carbonyl (C=O) groups is 1. The van der Waals surface area contributed by atoms with E-state index in [9.17, 15) is 4.79 Å². The van der Waals surface area contributed by atoms with E-state index in [1.54, 1.807) is 0 Å². The fraction of sp³-hybridized carbons (Fsp3) is 0.636. The van der Waals surface area contributed by atoms with Crippen molar-refractivity contribution < 1.29 is 4.79 Å². The molecule has 0 bridgehead atoms. The molecule has 0 aliphatic heterocycles. The van der Waals surface area contributed by atoms with Crippen molar-refractivity contribution >= 4 is 22.8 Å². The number of aryl methyl sites for hydroxylation is 1. The van der Waals surface area contributed by atoms with Crippen LogP contribution in [0, 0.1) is 0 Å². The summed E-state index contributed by atoms with van der Waals surface area (Å²) < 4.78 is 0. The second-order valence-electron chi connectivity index (χ2n) is 3.66. The van der Waals surface area contributed by atoms with Crippen LogP contribution in [0.3, 0.4) is 0 Å². The summed E-state index contributed by atoms with van der Waals surface area (Å²) in [4.78, 5) is 18.3. The van der Waals surface area contributed by atoms with Gasteiger partial charge in [-0.3, -0.25) is 4.79 Å². The van der Waals surface area contributed by atoms with Crippen LogP contribution in [0.4, 0.5) is 5.13 Å². The maximum absolute atomic E-state index is 10.8. The summed E-state index contributed by atoms with van der Waals surface area (Å²) in [5.41, 5.74) is 0.920. The summed E-state index contributed by atoms with van der Waals surface area (Å²) in [6.45, 7) is 9.33. The highest BCUT2D eigenvalue weighted by molar-refractivity contribution is 7.17. The molecule has 0 aromatic carbocycles. The lowest BCUT2D eigenvalue weighted by Gasteiger charge is -2.23. The Bertz CT molecular complexity index is 333. The van der Waals surface area contributed by atoms with Crippen LogP contribution in [-0.4, -0.2) is 23.9 Å². The van der Waals surface area contributed by atoms with Crippen molar-refractivity contribution in [2.45, 2.75) is 40.2 Å². The van der Waals surface area contributed by atoms with Crippen LogP contribution in [0.25, 0.3) is 0 Å². The van der Waals surface area contributed by atoms with Gasteiger partial charge in [-0.1, -0.05) is 18.3 Å². The molecule has 4 heteroatoms. The molecular weight excluding hydrogens is 208 g/mol. The highest BCUT2D eigenvalue weighted by Crippen LogP contribution is 2.26. The fourth-order valence-corrected chi connectivity index (χ4v) is 2.71. The molecule has 0 spiro atoms. The van der Waals surface area contributed by atoms with E-state index >= 15 is 0 Å². The highest BCUT2D eigenvalue weighted by atomic mass is 32.1. The molecule has 0 radical (unpaired) electrons. The third kappa shape index (κ3) is 2.56. The second kappa shape index (κ2) is 5.26. The van der Waals surface area contributed by atoms with Gasteiger partial charge in [-0.25, -0.2) is 4.98 Å². The number of thiazole rings is 1. The largest absolute Gasteiger partial charge is 0.346 e. The van der Waals surface area contributed by atoms with Crippen LogP contribution in [0.1, 0.15) is 43.1 Å². The topological polar surface area (TPSA) is 33.2 Å². The van der Waals surface area contributed by atoms with E-state index < -0.39 is 0 Å². The van der Waals surface area contributed by atoms with E-state index in [-0.39, 0.29) is 0 Å². The van der Waals surface area contributed by atoms with Crippen LogP contribution < -0.4 is 4.90 Å². The Morgan fingerprint density at radius 2 is 2.13 bits per heavy atom. The molecule has 0 amide bonds. The molecule has 0 unspecified atom stereocenters. The summed E-state index contributed by atoms with van der Waals surface area (Å²) in [6, 6.07) is 0.422. The van der Waals surface area contributed by atoms with E-state index in [1.807, 2.05) is 6.92 Å². The van der Waals surface area contributed by atoms with Gasteiger partial charge in [0.2, 0.25) is 0 Å².